The molecule has 3 N–H and O–H groups in total. The van der Waals surface area contributed by atoms with Crippen molar-refractivity contribution < 1.29 is 18.7 Å². The molecule has 15 heavy (non-hydrogen) atoms. The Morgan fingerprint density at radius 3 is 2.33 bits per heavy atom. The van der Waals surface area contributed by atoms with E-state index in [9.17, 15) is 13.6 Å². The summed E-state index contributed by atoms with van der Waals surface area (Å²) in [4.78, 5) is 10.3. The van der Waals surface area contributed by atoms with Crippen LogP contribution in [0.3, 0.4) is 0 Å². The van der Waals surface area contributed by atoms with Crippen LogP contribution in [-0.4, -0.2) is 11.0 Å². The SMILES string of the molecule is NC(=O)C#Cc1cc(F)c(CO)c(F)c1. The van der Waals surface area contributed by atoms with Crippen molar-refractivity contribution in [3.8, 4) is 11.8 Å². The van der Waals surface area contributed by atoms with Gasteiger partial charge in [0.15, 0.2) is 0 Å². The molecule has 1 rings (SSSR count). The zero-order chi connectivity index (χ0) is 11.4. The van der Waals surface area contributed by atoms with E-state index in [1.54, 1.807) is 0 Å². The molecule has 0 aromatic heterocycles. The number of amides is 1. The normalized spacial score (nSPS) is 9.27. The Hall–Kier alpha value is -1.93. The summed E-state index contributed by atoms with van der Waals surface area (Å²) in [7, 11) is 0. The highest BCUT2D eigenvalue weighted by atomic mass is 19.1. The maximum atomic E-state index is 13.1. The number of halogens is 2. The van der Waals surface area contributed by atoms with E-state index in [4.69, 9.17) is 10.8 Å². The van der Waals surface area contributed by atoms with E-state index in [0.717, 1.165) is 12.1 Å². The molecule has 0 heterocycles. The molecule has 1 aromatic rings. The van der Waals surface area contributed by atoms with Crippen molar-refractivity contribution in [3.05, 3.63) is 34.9 Å². The number of rotatable bonds is 1. The number of carbonyl (C=O) groups excluding carboxylic acids is 1. The van der Waals surface area contributed by atoms with Gasteiger partial charge in [0.05, 0.1) is 6.61 Å². The minimum atomic E-state index is -0.911. The highest BCUT2D eigenvalue weighted by molar-refractivity contribution is 5.92. The summed E-state index contributed by atoms with van der Waals surface area (Å²) in [6, 6.07) is 1.84. The van der Waals surface area contributed by atoms with Gasteiger partial charge in [0.1, 0.15) is 11.6 Å². The second-order valence-corrected chi connectivity index (χ2v) is 2.69. The van der Waals surface area contributed by atoms with Gasteiger partial charge in [-0.25, -0.2) is 8.78 Å². The summed E-state index contributed by atoms with van der Waals surface area (Å²) in [5.41, 5.74) is 4.29. The highest BCUT2D eigenvalue weighted by Gasteiger charge is 2.08. The molecule has 0 aliphatic rings. The Kier molecular flexibility index (Phi) is 3.37. The van der Waals surface area contributed by atoms with Crippen molar-refractivity contribution in [2.75, 3.05) is 0 Å². The summed E-state index contributed by atoms with van der Waals surface area (Å²) >= 11 is 0. The first kappa shape index (κ1) is 11.1. The number of primary amides is 1. The summed E-state index contributed by atoms with van der Waals surface area (Å²) < 4.78 is 26.1. The van der Waals surface area contributed by atoms with Crippen LogP contribution >= 0.6 is 0 Å². The molecule has 3 nitrogen and oxygen atoms in total. The van der Waals surface area contributed by atoms with Gasteiger partial charge in [-0.2, -0.15) is 0 Å². The fourth-order valence-corrected chi connectivity index (χ4v) is 0.960. The third-order valence-corrected chi connectivity index (χ3v) is 1.63. The van der Waals surface area contributed by atoms with E-state index in [1.165, 1.54) is 0 Å². The van der Waals surface area contributed by atoms with Crippen LogP contribution in [0.4, 0.5) is 8.78 Å². The van der Waals surface area contributed by atoms with Crippen LogP contribution in [0.15, 0.2) is 12.1 Å². The quantitative estimate of drug-likeness (QED) is 0.656. The topological polar surface area (TPSA) is 63.3 Å². The zero-order valence-corrected chi connectivity index (χ0v) is 7.55. The monoisotopic (exact) mass is 211 g/mol. The van der Waals surface area contributed by atoms with Crippen LogP contribution in [0.2, 0.25) is 0 Å². The average molecular weight is 211 g/mol. The third-order valence-electron chi connectivity index (χ3n) is 1.63. The molecule has 1 aromatic carbocycles. The summed E-state index contributed by atoms with van der Waals surface area (Å²) in [5.74, 6) is 1.43. The van der Waals surface area contributed by atoms with E-state index in [2.05, 4.69) is 5.92 Å². The summed E-state index contributed by atoms with van der Waals surface area (Å²) in [6.07, 6.45) is 0. The van der Waals surface area contributed by atoms with Crippen LogP contribution < -0.4 is 5.73 Å². The van der Waals surface area contributed by atoms with Gasteiger partial charge >= 0.3 is 0 Å². The molecule has 0 unspecified atom stereocenters. The van der Waals surface area contributed by atoms with Crippen LogP contribution in [0.25, 0.3) is 0 Å². The molecule has 1 amide bonds. The first-order valence-corrected chi connectivity index (χ1v) is 3.95. The predicted molar refractivity (Wildman–Crippen MR) is 48.4 cm³/mol. The van der Waals surface area contributed by atoms with Gasteiger partial charge in [-0.3, -0.25) is 4.79 Å². The number of hydrogen-bond acceptors (Lipinski definition) is 2. The van der Waals surface area contributed by atoms with E-state index < -0.39 is 29.7 Å². The van der Waals surface area contributed by atoms with Crippen LogP contribution in [-0.2, 0) is 11.4 Å². The lowest BCUT2D eigenvalue weighted by atomic mass is 10.1. The molecule has 0 saturated carbocycles. The number of benzene rings is 1. The fraction of sp³-hybridized carbons (Fsp3) is 0.100. The van der Waals surface area contributed by atoms with Gasteiger partial charge in [0, 0.05) is 11.1 Å². The molecule has 0 spiro atoms. The van der Waals surface area contributed by atoms with E-state index in [0.29, 0.717) is 0 Å². The van der Waals surface area contributed by atoms with Gasteiger partial charge in [-0.15, -0.1) is 0 Å². The molecule has 0 fully saturated rings. The fourth-order valence-electron chi connectivity index (χ4n) is 0.960. The standard InChI is InChI=1S/C10H7F2NO2/c11-8-3-6(1-2-10(13)15)4-9(12)7(8)5-14/h3-4,14H,5H2,(H2,13,15). The minimum Gasteiger partial charge on any atom is -0.391 e. The second kappa shape index (κ2) is 4.53. The second-order valence-electron chi connectivity index (χ2n) is 2.69. The first-order chi connectivity index (χ1) is 7.04. The van der Waals surface area contributed by atoms with Crippen LogP contribution in [0, 0.1) is 23.5 Å². The molecular weight excluding hydrogens is 204 g/mol. The molecule has 0 aliphatic heterocycles. The minimum absolute atomic E-state index is 0.0130. The maximum absolute atomic E-state index is 13.1. The van der Waals surface area contributed by atoms with Gasteiger partial charge in [-0.1, -0.05) is 5.92 Å². The maximum Gasteiger partial charge on any atom is 0.293 e. The van der Waals surface area contributed by atoms with Crippen LogP contribution in [0.1, 0.15) is 11.1 Å². The molecule has 5 heteroatoms. The van der Waals surface area contributed by atoms with Crippen molar-refractivity contribution in [3.63, 3.8) is 0 Å². The number of hydrogen-bond donors (Lipinski definition) is 2. The Labute approximate surface area is 84.5 Å². The van der Waals surface area contributed by atoms with Gasteiger partial charge in [0.25, 0.3) is 5.91 Å². The van der Waals surface area contributed by atoms with E-state index in [1.807, 2.05) is 5.92 Å². The molecule has 0 atom stereocenters. The average Bonchev–Trinajstić information content (AvgIpc) is 2.14. The first-order valence-electron chi connectivity index (χ1n) is 3.95. The largest absolute Gasteiger partial charge is 0.391 e. The van der Waals surface area contributed by atoms with Gasteiger partial charge in [-0.05, 0) is 18.1 Å². The summed E-state index contributed by atoms with van der Waals surface area (Å²) in [6.45, 7) is -0.735. The van der Waals surface area contributed by atoms with Crippen molar-refractivity contribution in [2.24, 2.45) is 5.73 Å². The Balaban J connectivity index is 3.16. The van der Waals surface area contributed by atoms with Crippen molar-refractivity contribution >= 4 is 5.91 Å². The lowest BCUT2D eigenvalue weighted by Gasteiger charge is -2.01. The number of carbonyl (C=O) groups is 1. The molecule has 0 saturated heterocycles. The Morgan fingerprint density at radius 2 is 1.93 bits per heavy atom. The van der Waals surface area contributed by atoms with Crippen LogP contribution in [0.5, 0.6) is 0 Å². The van der Waals surface area contributed by atoms with E-state index >= 15 is 0 Å². The molecular formula is C10H7F2NO2. The lowest BCUT2D eigenvalue weighted by Crippen LogP contribution is -2.06. The van der Waals surface area contributed by atoms with Crippen molar-refractivity contribution in [1.29, 1.82) is 0 Å². The molecule has 78 valence electrons. The number of aliphatic hydroxyl groups excluding tert-OH is 1. The lowest BCUT2D eigenvalue weighted by molar-refractivity contribution is -0.112. The molecule has 0 radical (unpaired) electrons. The smallest absolute Gasteiger partial charge is 0.293 e. The van der Waals surface area contributed by atoms with Crippen molar-refractivity contribution in [2.45, 2.75) is 6.61 Å². The Morgan fingerprint density at radius 1 is 1.40 bits per heavy atom. The summed E-state index contributed by atoms with van der Waals surface area (Å²) in [5, 5.41) is 8.62. The third kappa shape index (κ3) is 2.76. The number of aliphatic hydroxyl groups is 1. The molecule has 0 bridgehead atoms. The van der Waals surface area contributed by atoms with Gasteiger partial charge in [0.2, 0.25) is 0 Å². The van der Waals surface area contributed by atoms with E-state index in [-0.39, 0.29) is 5.56 Å². The van der Waals surface area contributed by atoms with Gasteiger partial charge < -0.3 is 10.8 Å². The zero-order valence-electron chi connectivity index (χ0n) is 7.55. The number of nitrogens with two attached hydrogens (primary N) is 1. The molecule has 0 aliphatic carbocycles. The Bertz CT molecular complexity index is 437. The predicted octanol–water partition coefficient (Wildman–Crippen LogP) is 0.294. The van der Waals surface area contributed by atoms with Crippen molar-refractivity contribution in [1.82, 2.24) is 0 Å². The highest BCUT2D eigenvalue weighted by Crippen LogP contribution is 2.14.